The third-order valence-electron chi connectivity index (χ3n) is 3.42. The first kappa shape index (κ1) is 14.8. The van der Waals surface area contributed by atoms with Crippen molar-refractivity contribution in [2.75, 3.05) is 32.2 Å². The first-order valence-corrected chi connectivity index (χ1v) is 7.88. The van der Waals surface area contributed by atoms with E-state index in [-0.39, 0.29) is 0 Å². The van der Waals surface area contributed by atoms with Crippen molar-refractivity contribution in [3.05, 3.63) is 10.6 Å². The Bertz CT molecular complexity index is 401. The van der Waals surface area contributed by atoms with Gasteiger partial charge < -0.3 is 15.0 Å². The van der Waals surface area contributed by atoms with Crippen LogP contribution in [-0.4, -0.2) is 38.3 Å². The Balaban J connectivity index is 2.18. The molecule has 0 spiro atoms. The molecule has 1 fully saturated rings. The molecule has 5 heteroatoms. The Kier molecular flexibility index (Phi) is 5.19. The molecule has 0 aromatic carbocycles. The zero-order chi connectivity index (χ0) is 13.8. The molecule has 1 heterocycles. The molecule has 0 unspecified atom stereocenters. The number of hydrogen-bond acceptors (Lipinski definition) is 5. The van der Waals surface area contributed by atoms with E-state index in [0.29, 0.717) is 12.0 Å². The molecule has 0 saturated heterocycles. The van der Waals surface area contributed by atoms with Crippen molar-refractivity contribution in [2.24, 2.45) is 0 Å². The second-order valence-corrected chi connectivity index (χ2v) is 6.45. The maximum Gasteiger partial charge on any atom is 0.186 e. The van der Waals surface area contributed by atoms with Crippen LogP contribution < -0.4 is 10.2 Å². The van der Waals surface area contributed by atoms with Gasteiger partial charge in [-0.25, -0.2) is 4.98 Å². The minimum absolute atomic E-state index is 0.454. The lowest BCUT2D eigenvalue weighted by Gasteiger charge is -2.25. The summed E-state index contributed by atoms with van der Waals surface area (Å²) in [6.07, 6.45) is 2.61. The Morgan fingerprint density at radius 2 is 2.21 bits per heavy atom. The summed E-state index contributed by atoms with van der Waals surface area (Å²) in [7, 11) is 3.75. The highest BCUT2D eigenvalue weighted by molar-refractivity contribution is 7.15. The van der Waals surface area contributed by atoms with E-state index in [1.807, 2.05) is 18.4 Å². The van der Waals surface area contributed by atoms with E-state index in [1.54, 1.807) is 7.11 Å². The topological polar surface area (TPSA) is 37.4 Å². The van der Waals surface area contributed by atoms with E-state index in [9.17, 15) is 0 Å². The van der Waals surface area contributed by atoms with Crippen LogP contribution in [0, 0.1) is 0 Å². The van der Waals surface area contributed by atoms with Crippen LogP contribution in [0.4, 0.5) is 5.13 Å². The summed E-state index contributed by atoms with van der Waals surface area (Å²) in [4.78, 5) is 8.67. The van der Waals surface area contributed by atoms with Crippen LogP contribution in [0.2, 0.25) is 0 Å². The summed E-state index contributed by atoms with van der Waals surface area (Å²) >= 11 is 1.84. The number of ether oxygens (including phenoxy) is 1. The predicted octanol–water partition coefficient (Wildman–Crippen LogP) is 2.60. The molecule has 2 rings (SSSR count). The molecule has 0 radical (unpaired) electrons. The lowest BCUT2D eigenvalue weighted by Crippen LogP contribution is -2.33. The zero-order valence-electron chi connectivity index (χ0n) is 12.4. The summed E-state index contributed by atoms with van der Waals surface area (Å²) in [6.45, 7) is 7.01. The summed E-state index contributed by atoms with van der Waals surface area (Å²) in [5.74, 6) is 0.713. The fourth-order valence-electron chi connectivity index (χ4n) is 2.20. The number of rotatable bonds is 8. The summed E-state index contributed by atoms with van der Waals surface area (Å²) in [6, 6.07) is 0.454. The van der Waals surface area contributed by atoms with Gasteiger partial charge in [-0.05, 0) is 33.7 Å². The molecular formula is C14H25N3OS. The highest BCUT2D eigenvalue weighted by Gasteiger charge is 2.30. The van der Waals surface area contributed by atoms with E-state index in [1.165, 1.54) is 23.4 Å². The Morgan fingerprint density at radius 3 is 2.74 bits per heavy atom. The molecule has 1 aliphatic carbocycles. The number of hydrogen-bond donors (Lipinski definition) is 1. The molecule has 1 aromatic heterocycles. The SMILES string of the molecule is CNCc1sc(N(CCOC)C(C)C)nc1C1CC1. The molecule has 4 nitrogen and oxygen atoms in total. The average Bonchev–Trinajstić information content (AvgIpc) is 3.13. The fraction of sp³-hybridized carbons (Fsp3) is 0.786. The molecule has 1 aliphatic rings. The summed E-state index contributed by atoms with van der Waals surface area (Å²) in [5, 5.41) is 4.41. The minimum Gasteiger partial charge on any atom is -0.383 e. The molecule has 19 heavy (non-hydrogen) atoms. The number of methoxy groups -OCH3 is 1. The van der Waals surface area contributed by atoms with E-state index in [4.69, 9.17) is 9.72 Å². The largest absolute Gasteiger partial charge is 0.383 e. The lowest BCUT2D eigenvalue weighted by molar-refractivity contribution is 0.204. The second-order valence-electron chi connectivity index (χ2n) is 5.39. The highest BCUT2D eigenvalue weighted by atomic mass is 32.1. The molecule has 1 N–H and O–H groups in total. The quantitative estimate of drug-likeness (QED) is 0.796. The first-order valence-electron chi connectivity index (χ1n) is 7.07. The second kappa shape index (κ2) is 6.68. The highest BCUT2D eigenvalue weighted by Crippen LogP contribution is 2.44. The van der Waals surface area contributed by atoms with Gasteiger partial charge in [-0.1, -0.05) is 0 Å². The third kappa shape index (κ3) is 3.68. The Labute approximate surface area is 120 Å². The Hall–Kier alpha value is -0.650. The lowest BCUT2D eigenvalue weighted by atomic mass is 10.2. The van der Waals surface area contributed by atoms with Gasteiger partial charge in [0.1, 0.15) is 0 Å². The van der Waals surface area contributed by atoms with E-state index < -0.39 is 0 Å². The summed E-state index contributed by atoms with van der Waals surface area (Å²) in [5.41, 5.74) is 1.33. The maximum absolute atomic E-state index is 5.21. The van der Waals surface area contributed by atoms with Gasteiger partial charge in [0, 0.05) is 37.0 Å². The average molecular weight is 283 g/mol. The van der Waals surface area contributed by atoms with Gasteiger partial charge in [0.2, 0.25) is 0 Å². The number of anilines is 1. The van der Waals surface area contributed by atoms with Crippen LogP contribution in [-0.2, 0) is 11.3 Å². The van der Waals surface area contributed by atoms with E-state index in [2.05, 4.69) is 24.1 Å². The molecule has 0 bridgehead atoms. The van der Waals surface area contributed by atoms with Crippen molar-refractivity contribution in [2.45, 2.75) is 45.2 Å². The number of thiazole rings is 1. The molecule has 0 amide bonds. The number of nitrogens with zero attached hydrogens (tertiary/aromatic N) is 2. The molecular weight excluding hydrogens is 258 g/mol. The van der Waals surface area contributed by atoms with E-state index >= 15 is 0 Å². The molecule has 1 saturated carbocycles. The van der Waals surface area contributed by atoms with Crippen molar-refractivity contribution < 1.29 is 4.74 Å². The van der Waals surface area contributed by atoms with Crippen LogP contribution in [0.15, 0.2) is 0 Å². The first-order chi connectivity index (χ1) is 9.17. The van der Waals surface area contributed by atoms with Crippen LogP contribution in [0.5, 0.6) is 0 Å². The van der Waals surface area contributed by atoms with Crippen molar-refractivity contribution in [1.29, 1.82) is 0 Å². The van der Waals surface area contributed by atoms with Crippen molar-refractivity contribution in [1.82, 2.24) is 10.3 Å². The predicted molar refractivity (Wildman–Crippen MR) is 81.2 cm³/mol. The van der Waals surface area contributed by atoms with Crippen LogP contribution in [0.1, 0.15) is 43.2 Å². The number of nitrogens with one attached hydrogen (secondary N) is 1. The van der Waals surface area contributed by atoms with Gasteiger partial charge in [0.05, 0.1) is 12.3 Å². The third-order valence-corrected chi connectivity index (χ3v) is 4.53. The minimum atomic E-state index is 0.454. The fourth-order valence-corrected chi connectivity index (χ4v) is 3.52. The van der Waals surface area contributed by atoms with Crippen LogP contribution in [0.3, 0.4) is 0 Å². The standard InChI is InChI=1S/C14H25N3OS/c1-10(2)17(7-8-18-4)14-16-13(11-5-6-11)12(19-14)9-15-3/h10-11,15H,5-9H2,1-4H3. The van der Waals surface area contributed by atoms with Crippen LogP contribution in [0.25, 0.3) is 0 Å². The van der Waals surface area contributed by atoms with Gasteiger partial charge in [-0.3, -0.25) is 0 Å². The van der Waals surface area contributed by atoms with E-state index in [0.717, 1.165) is 24.8 Å². The van der Waals surface area contributed by atoms with Gasteiger partial charge in [-0.2, -0.15) is 0 Å². The van der Waals surface area contributed by atoms with Crippen molar-refractivity contribution >= 4 is 16.5 Å². The Morgan fingerprint density at radius 1 is 1.47 bits per heavy atom. The maximum atomic E-state index is 5.21. The van der Waals surface area contributed by atoms with Crippen LogP contribution >= 0.6 is 11.3 Å². The number of aromatic nitrogens is 1. The zero-order valence-corrected chi connectivity index (χ0v) is 13.2. The smallest absolute Gasteiger partial charge is 0.186 e. The molecule has 0 atom stereocenters. The molecule has 0 aliphatic heterocycles. The normalized spacial score (nSPS) is 15.2. The van der Waals surface area contributed by atoms with Gasteiger partial charge in [0.15, 0.2) is 5.13 Å². The molecule has 108 valence electrons. The van der Waals surface area contributed by atoms with Gasteiger partial charge in [0.25, 0.3) is 0 Å². The molecule has 1 aromatic rings. The monoisotopic (exact) mass is 283 g/mol. The van der Waals surface area contributed by atoms with Crippen molar-refractivity contribution in [3.8, 4) is 0 Å². The van der Waals surface area contributed by atoms with Gasteiger partial charge >= 0.3 is 0 Å². The van der Waals surface area contributed by atoms with Crippen molar-refractivity contribution in [3.63, 3.8) is 0 Å². The van der Waals surface area contributed by atoms with Gasteiger partial charge in [-0.15, -0.1) is 11.3 Å². The summed E-state index contributed by atoms with van der Waals surface area (Å²) < 4.78 is 5.21.